The monoisotopic (exact) mass is 1010 g/mol. The van der Waals surface area contributed by atoms with Crippen LogP contribution >= 0.6 is 0 Å². The molecule has 0 radical (unpaired) electrons. The topological polar surface area (TPSA) is 78.9 Å². The van der Waals surface area contributed by atoms with Crippen LogP contribution in [0.4, 0.5) is 0 Å². The van der Waals surface area contributed by atoms with Gasteiger partial charge in [0.1, 0.15) is 13.2 Å². The van der Waals surface area contributed by atoms with E-state index in [0.29, 0.717) is 19.3 Å². The van der Waals surface area contributed by atoms with Crippen LogP contribution in [0.5, 0.6) is 0 Å². The molecule has 0 bridgehead atoms. The van der Waals surface area contributed by atoms with E-state index in [9.17, 15) is 14.4 Å². The van der Waals surface area contributed by atoms with Crippen molar-refractivity contribution >= 4 is 17.9 Å². The molecule has 0 saturated heterocycles. The average Bonchev–Trinajstić information content (AvgIpc) is 3.38. The minimum absolute atomic E-state index is 0.0783. The summed E-state index contributed by atoms with van der Waals surface area (Å²) in [5.41, 5.74) is 0. The number of carbonyl (C=O) groups is 3. The fourth-order valence-corrected chi connectivity index (χ4v) is 8.98. The zero-order chi connectivity index (χ0) is 52.2. The van der Waals surface area contributed by atoms with Gasteiger partial charge in [-0.2, -0.15) is 0 Å². The molecule has 0 aromatic heterocycles. The highest BCUT2D eigenvalue weighted by Gasteiger charge is 2.19. The van der Waals surface area contributed by atoms with Gasteiger partial charge in [0.05, 0.1) is 0 Å². The van der Waals surface area contributed by atoms with Crippen molar-refractivity contribution in [2.24, 2.45) is 0 Å². The lowest BCUT2D eigenvalue weighted by Gasteiger charge is -2.18. The molecule has 0 rings (SSSR count). The summed E-state index contributed by atoms with van der Waals surface area (Å²) in [5.74, 6) is -0.882. The summed E-state index contributed by atoms with van der Waals surface area (Å²) in [6.07, 6.45) is 76.6. The Labute approximate surface area is 447 Å². The minimum Gasteiger partial charge on any atom is -0.462 e. The van der Waals surface area contributed by atoms with Crippen molar-refractivity contribution in [3.63, 3.8) is 0 Å². The maximum atomic E-state index is 12.9. The molecule has 72 heavy (non-hydrogen) atoms. The first-order chi connectivity index (χ1) is 35.5. The van der Waals surface area contributed by atoms with Crippen LogP contribution in [0.1, 0.15) is 323 Å². The van der Waals surface area contributed by atoms with Crippen LogP contribution in [-0.2, 0) is 28.6 Å². The zero-order valence-corrected chi connectivity index (χ0v) is 47.9. The van der Waals surface area contributed by atoms with E-state index in [4.69, 9.17) is 14.2 Å². The second-order valence-corrected chi connectivity index (χ2v) is 21.0. The first kappa shape index (κ1) is 69.1. The van der Waals surface area contributed by atoms with Gasteiger partial charge in [-0.15, -0.1) is 0 Å². The van der Waals surface area contributed by atoms with Crippen molar-refractivity contribution in [2.75, 3.05) is 13.2 Å². The van der Waals surface area contributed by atoms with Crippen molar-refractivity contribution < 1.29 is 28.6 Å². The summed E-state index contributed by atoms with van der Waals surface area (Å²) in [5, 5.41) is 0. The van der Waals surface area contributed by atoms with E-state index in [1.54, 1.807) is 0 Å². The van der Waals surface area contributed by atoms with E-state index >= 15 is 0 Å². The number of hydrogen-bond donors (Lipinski definition) is 0. The maximum absolute atomic E-state index is 12.9. The largest absolute Gasteiger partial charge is 0.462 e. The Hall–Kier alpha value is -2.89. The molecule has 0 spiro atoms. The normalized spacial score (nSPS) is 12.4. The van der Waals surface area contributed by atoms with Gasteiger partial charge < -0.3 is 14.2 Å². The van der Waals surface area contributed by atoms with E-state index in [-0.39, 0.29) is 31.1 Å². The number of ether oxygens (including phenoxy) is 3. The van der Waals surface area contributed by atoms with Gasteiger partial charge in [0.25, 0.3) is 0 Å². The Balaban J connectivity index is 4.24. The number of hydrogen-bond acceptors (Lipinski definition) is 6. The van der Waals surface area contributed by atoms with Gasteiger partial charge in [-0.25, -0.2) is 0 Å². The van der Waals surface area contributed by atoms with Crippen LogP contribution in [0.2, 0.25) is 0 Å². The number of unbranched alkanes of at least 4 members (excludes halogenated alkanes) is 36. The molecule has 0 fully saturated rings. The third-order valence-electron chi connectivity index (χ3n) is 13.7. The number of esters is 3. The molecule has 0 heterocycles. The van der Waals surface area contributed by atoms with Crippen molar-refractivity contribution in [3.8, 4) is 0 Å². The Bertz CT molecular complexity index is 1290. The van der Waals surface area contributed by atoms with Crippen LogP contribution in [0.15, 0.2) is 60.8 Å². The van der Waals surface area contributed by atoms with Gasteiger partial charge in [-0.1, -0.05) is 261 Å². The highest BCUT2D eigenvalue weighted by Crippen LogP contribution is 2.16. The third-order valence-corrected chi connectivity index (χ3v) is 13.7. The van der Waals surface area contributed by atoms with Crippen LogP contribution < -0.4 is 0 Å². The van der Waals surface area contributed by atoms with Gasteiger partial charge in [0.2, 0.25) is 0 Å². The highest BCUT2D eigenvalue weighted by atomic mass is 16.6. The van der Waals surface area contributed by atoms with Gasteiger partial charge in [-0.3, -0.25) is 14.4 Å². The van der Waals surface area contributed by atoms with Crippen molar-refractivity contribution in [3.05, 3.63) is 60.8 Å². The van der Waals surface area contributed by atoms with E-state index in [1.165, 1.54) is 199 Å². The summed E-state index contributed by atoms with van der Waals surface area (Å²) in [4.78, 5) is 38.2. The quantitative estimate of drug-likeness (QED) is 0.0261. The molecule has 0 saturated carbocycles. The number of allylic oxidation sites excluding steroid dienone is 10. The smallest absolute Gasteiger partial charge is 0.306 e. The molecule has 6 heteroatoms. The summed E-state index contributed by atoms with van der Waals surface area (Å²) in [6.45, 7) is 6.58. The van der Waals surface area contributed by atoms with Gasteiger partial charge >= 0.3 is 17.9 Å². The molecule has 6 nitrogen and oxygen atoms in total. The molecule has 1 unspecified atom stereocenters. The lowest BCUT2D eigenvalue weighted by Crippen LogP contribution is -2.30. The predicted octanol–water partition coefficient (Wildman–Crippen LogP) is 21.2. The number of carbonyl (C=O) groups excluding carboxylic acids is 3. The summed E-state index contributed by atoms with van der Waals surface area (Å²) in [7, 11) is 0. The Morgan fingerprint density at radius 2 is 0.528 bits per heavy atom. The summed E-state index contributed by atoms with van der Waals surface area (Å²) >= 11 is 0. The van der Waals surface area contributed by atoms with Gasteiger partial charge in [-0.05, 0) is 103 Å². The molecular weight excluding hydrogens is 889 g/mol. The zero-order valence-electron chi connectivity index (χ0n) is 47.9. The maximum Gasteiger partial charge on any atom is 0.306 e. The predicted molar refractivity (Wildman–Crippen MR) is 312 cm³/mol. The first-order valence-corrected chi connectivity index (χ1v) is 31.3. The van der Waals surface area contributed by atoms with Crippen molar-refractivity contribution in [1.29, 1.82) is 0 Å². The van der Waals surface area contributed by atoms with Crippen LogP contribution in [0.3, 0.4) is 0 Å². The van der Waals surface area contributed by atoms with Gasteiger partial charge in [0.15, 0.2) is 6.10 Å². The lowest BCUT2D eigenvalue weighted by molar-refractivity contribution is -0.167. The standard InChI is InChI=1S/C66H118O6/c1-4-7-10-13-16-19-22-24-26-28-30-31-32-33-34-35-37-38-40-42-44-47-50-53-56-59-65(68)71-62-63(61-70-64(67)58-55-52-49-46-21-18-15-12-9-6-3)72-66(69)60-57-54-51-48-45-43-41-39-36-29-27-25-23-20-17-14-11-8-5-2/h12,15,22,24-25,27-28,30,32-33,63H,4-11,13-14,16-21,23,26,29,31,34-62H2,1-3H3/b15-12-,24-22-,27-25-,30-28-,33-32-. The van der Waals surface area contributed by atoms with Crippen molar-refractivity contribution in [1.82, 2.24) is 0 Å². The van der Waals surface area contributed by atoms with Crippen LogP contribution in [0.25, 0.3) is 0 Å². The Morgan fingerprint density at radius 3 is 0.847 bits per heavy atom. The minimum atomic E-state index is -0.780. The molecule has 1 atom stereocenters. The van der Waals surface area contributed by atoms with Crippen LogP contribution in [0, 0.1) is 0 Å². The highest BCUT2D eigenvalue weighted by molar-refractivity contribution is 5.71. The molecule has 0 aliphatic heterocycles. The molecule has 0 aromatic carbocycles. The fourth-order valence-electron chi connectivity index (χ4n) is 8.98. The molecule has 0 aliphatic carbocycles. The SMILES string of the molecule is CCC/C=C\CCCCCCCC(=O)OCC(COC(=O)CCCCCCCCCCCC/C=C\C/C=C\C/C=C\CCCCCCC)OC(=O)CCCCCCCCCCC/C=C\CCCCCCCC. The fraction of sp³-hybridized carbons (Fsp3) is 0.803. The summed E-state index contributed by atoms with van der Waals surface area (Å²) < 4.78 is 16.9. The Kier molecular flexibility index (Phi) is 58.2. The van der Waals surface area contributed by atoms with E-state index in [0.717, 1.165) is 83.5 Å². The molecular formula is C66H118O6. The molecule has 0 aromatic rings. The Morgan fingerprint density at radius 1 is 0.278 bits per heavy atom. The lowest BCUT2D eigenvalue weighted by atomic mass is 10.0. The van der Waals surface area contributed by atoms with E-state index < -0.39 is 6.10 Å². The van der Waals surface area contributed by atoms with Crippen LogP contribution in [-0.4, -0.2) is 37.2 Å². The second kappa shape index (κ2) is 60.7. The first-order valence-electron chi connectivity index (χ1n) is 31.3. The van der Waals surface area contributed by atoms with Crippen molar-refractivity contribution in [2.45, 2.75) is 329 Å². The molecule has 418 valence electrons. The van der Waals surface area contributed by atoms with E-state index in [1.807, 2.05) is 0 Å². The van der Waals surface area contributed by atoms with Gasteiger partial charge in [0, 0.05) is 19.3 Å². The number of rotatable bonds is 57. The molecule has 0 aliphatic rings. The average molecular weight is 1010 g/mol. The molecule has 0 N–H and O–H groups in total. The molecule has 0 amide bonds. The third kappa shape index (κ3) is 58.0. The van der Waals surface area contributed by atoms with E-state index in [2.05, 4.69) is 81.5 Å². The second-order valence-electron chi connectivity index (χ2n) is 21.0. The summed E-state index contributed by atoms with van der Waals surface area (Å²) in [6, 6.07) is 0.